The molecule has 0 saturated carbocycles. The molecule has 3 rings (SSSR count). The van der Waals surface area contributed by atoms with Crippen LogP contribution >= 0.6 is 0 Å². The standard InChI is InChI=1S/C19H20FN3O2/c20-16-7-4-14(5-8-16)6-9-18(24)23-12-10-15(13-23)19(25)22-17-3-1-2-11-21-17/h1-5,7-8,11,15H,6,9-10,12-13H2,(H,21,22,25). The average Bonchev–Trinajstić information content (AvgIpc) is 3.12. The maximum atomic E-state index is 12.9. The van der Waals surface area contributed by atoms with Crippen LogP contribution in [0, 0.1) is 11.7 Å². The van der Waals surface area contributed by atoms with Gasteiger partial charge in [-0.05, 0) is 42.7 Å². The number of hydrogen-bond acceptors (Lipinski definition) is 3. The molecule has 130 valence electrons. The van der Waals surface area contributed by atoms with Gasteiger partial charge in [0.05, 0.1) is 5.92 Å². The predicted molar refractivity (Wildman–Crippen MR) is 92.3 cm³/mol. The minimum absolute atomic E-state index is 0.0254. The number of pyridine rings is 1. The third-order valence-electron chi connectivity index (χ3n) is 4.37. The Balaban J connectivity index is 1.47. The van der Waals surface area contributed by atoms with Gasteiger partial charge in [0, 0.05) is 25.7 Å². The second-order valence-electron chi connectivity index (χ2n) is 6.16. The summed E-state index contributed by atoms with van der Waals surface area (Å²) in [4.78, 5) is 30.4. The zero-order valence-corrected chi connectivity index (χ0v) is 13.8. The van der Waals surface area contributed by atoms with Gasteiger partial charge in [-0.3, -0.25) is 9.59 Å². The second kappa shape index (κ2) is 7.88. The molecule has 6 heteroatoms. The maximum Gasteiger partial charge on any atom is 0.230 e. The molecule has 1 aromatic heterocycles. The van der Waals surface area contributed by atoms with Gasteiger partial charge in [0.1, 0.15) is 11.6 Å². The molecule has 2 aromatic rings. The van der Waals surface area contributed by atoms with E-state index in [1.807, 2.05) is 6.07 Å². The number of likely N-dealkylation sites (tertiary alicyclic amines) is 1. The Morgan fingerprint density at radius 2 is 2.00 bits per heavy atom. The van der Waals surface area contributed by atoms with E-state index in [9.17, 15) is 14.0 Å². The molecule has 1 N–H and O–H groups in total. The van der Waals surface area contributed by atoms with Crippen molar-refractivity contribution in [1.29, 1.82) is 0 Å². The Kier molecular flexibility index (Phi) is 5.38. The number of benzene rings is 1. The van der Waals surface area contributed by atoms with E-state index in [0.29, 0.717) is 38.2 Å². The topological polar surface area (TPSA) is 62.3 Å². The lowest BCUT2D eigenvalue weighted by atomic mass is 10.1. The Bertz CT molecular complexity index is 734. The molecule has 1 aromatic carbocycles. The molecule has 2 amide bonds. The lowest BCUT2D eigenvalue weighted by molar-refractivity contribution is -0.130. The monoisotopic (exact) mass is 341 g/mol. The van der Waals surface area contributed by atoms with E-state index in [4.69, 9.17) is 0 Å². The number of nitrogens with zero attached hydrogens (tertiary/aromatic N) is 2. The molecule has 1 unspecified atom stereocenters. The van der Waals surface area contributed by atoms with Crippen LogP contribution in [0.1, 0.15) is 18.4 Å². The molecule has 1 aliphatic heterocycles. The summed E-state index contributed by atoms with van der Waals surface area (Å²) in [6.07, 6.45) is 3.21. The summed E-state index contributed by atoms with van der Waals surface area (Å²) in [5.41, 5.74) is 0.929. The van der Waals surface area contributed by atoms with Gasteiger partial charge in [0.25, 0.3) is 0 Å². The summed E-state index contributed by atoms with van der Waals surface area (Å²) in [6, 6.07) is 11.5. The van der Waals surface area contributed by atoms with Crippen molar-refractivity contribution in [1.82, 2.24) is 9.88 Å². The van der Waals surface area contributed by atoms with Gasteiger partial charge >= 0.3 is 0 Å². The van der Waals surface area contributed by atoms with Gasteiger partial charge in [-0.25, -0.2) is 9.37 Å². The van der Waals surface area contributed by atoms with Gasteiger partial charge in [-0.2, -0.15) is 0 Å². The van der Waals surface area contributed by atoms with Gasteiger partial charge in [-0.15, -0.1) is 0 Å². The fraction of sp³-hybridized carbons (Fsp3) is 0.316. The van der Waals surface area contributed by atoms with Crippen LogP contribution in [0.5, 0.6) is 0 Å². The first kappa shape index (κ1) is 17.1. The highest BCUT2D eigenvalue weighted by molar-refractivity contribution is 5.92. The van der Waals surface area contributed by atoms with E-state index in [1.165, 1.54) is 12.1 Å². The molecular weight excluding hydrogens is 321 g/mol. The largest absolute Gasteiger partial charge is 0.342 e. The van der Waals surface area contributed by atoms with Gasteiger partial charge in [0.15, 0.2) is 0 Å². The summed E-state index contributed by atoms with van der Waals surface area (Å²) < 4.78 is 12.9. The van der Waals surface area contributed by atoms with Crippen molar-refractivity contribution >= 4 is 17.6 Å². The third kappa shape index (κ3) is 4.62. The molecule has 1 saturated heterocycles. The van der Waals surface area contributed by atoms with E-state index < -0.39 is 0 Å². The zero-order valence-electron chi connectivity index (χ0n) is 13.8. The van der Waals surface area contributed by atoms with Crippen LogP contribution in [0.4, 0.5) is 10.2 Å². The van der Waals surface area contributed by atoms with E-state index in [2.05, 4.69) is 10.3 Å². The maximum absolute atomic E-state index is 12.9. The van der Waals surface area contributed by atoms with Crippen molar-refractivity contribution in [3.05, 3.63) is 60.0 Å². The lowest BCUT2D eigenvalue weighted by Gasteiger charge is -2.16. The molecule has 0 aliphatic carbocycles. The molecular formula is C19H20FN3O2. The Hall–Kier alpha value is -2.76. The number of amides is 2. The summed E-state index contributed by atoms with van der Waals surface area (Å²) in [5.74, 6) is -0.0493. The van der Waals surface area contributed by atoms with Crippen LogP contribution in [-0.4, -0.2) is 34.8 Å². The molecule has 1 atom stereocenters. The fourth-order valence-electron chi connectivity index (χ4n) is 2.93. The van der Waals surface area contributed by atoms with Crippen LogP contribution in [0.25, 0.3) is 0 Å². The predicted octanol–water partition coefficient (Wildman–Crippen LogP) is 2.64. The molecule has 0 spiro atoms. The summed E-state index contributed by atoms with van der Waals surface area (Å²) in [6.45, 7) is 1.02. The molecule has 2 heterocycles. The number of anilines is 1. The SMILES string of the molecule is O=C(Nc1ccccn1)C1CCN(C(=O)CCc2ccc(F)cc2)C1. The number of rotatable bonds is 5. The first-order chi connectivity index (χ1) is 12.1. The smallest absolute Gasteiger partial charge is 0.230 e. The number of carbonyl (C=O) groups excluding carboxylic acids is 2. The van der Waals surface area contributed by atoms with Crippen LogP contribution in [0.3, 0.4) is 0 Å². The average molecular weight is 341 g/mol. The van der Waals surface area contributed by atoms with Crippen molar-refractivity contribution in [3.8, 4) is 0 Å². The number of nitrogens with one attached hydrogen (secondary N) is 1. The molecule has 5 nitrogen and oxygen atoms in total. The van der Waals surface area contributed by atoms with Crippen molar-refractivity contribution in [2.24, 2.45) is 5.92 Å². The Morgan fingerprint density at radius 1 is 1.20 bits per heavy atom. The Morgan fingerprint density at radius 3 is 2.72 bits per heavy atom. The first-order valence-corrected chi connectivity index (χ1v) is 8.36. The highest BCUT2D eigenvalue weighted by atomic mass is 19.1. The quantitative estimate of drug-likeness (QED) is 0.909. The van der Waals surface area contributed by atoms with Crippen LogP contribution in [0.15, 0.2) is 48.7 Å². The van der Waals surface area contributed by atoms with Crippen LogP contribution in [0.2, 0.25) is 0 Å². The summed E-state index contributed by atoms with van der Waals surface area (Å²) in [5, 5.41) is 2.78. The zero-order chi connectivity index (χ0) is 17.6. The van der Waals surface area contributed by atoms with E-state index in [0.717, 1.165) is 5.56 Å². The van der Waals surface area contributed by atoms with Crippen molar-refractivity contribution in [3.63, 3.8) is 0 Å². The minimum atomic E-state index is -0.281. The van der Waals surface area contributed by atoms with Crippen molar-refractivity contribution in [2.45, 2.75) is 19.3 Å². The van der Waals surface area contributed by atoms with Gasteiger partial charge in [0.2, 0.25) is 11.8 Å². The van der Waals surface area contributed by atoms with E-state index >= 15 is 0 Å². The normalized spacial score (nSPS) is 16.7. The molecule has 25 heavy (non-hydrogen) atoms. The van der Waals surface area contributed by atoms with Crippen LogP contribution < -0.4 is 5.32 Å². The van der Waals surface area contributed by atoms with Gasteiger partial charge in [-0.1, -0.05) is 18.2 Å². The minimum Gasteiger partial charge on any atom is -0.342 e. The number of halogens is 1. The van der Waals surface area contributed by atoms with Crippen molar-refractivity contribution in [2.75, 3.05) is 18.4 Å². The molecule has 0 bridgehead atoms. The Labute approximate surface area is 145 Å². The number of carbonyl (C=O) groups is 2. The third-order valence-corrected chi connectivity index (χ3v) is 4.37. The molecule has 0 radical (unpaired) electrons. The first-order valence-electron chi connectivity index (χ1n) is 8.36. The highest BCUT2D eigenvalue weighted by Crippen LogP contribution is 2.19. The summed E-state index contributed by atoms with van der Waals surface area (Å²) in [7, 11) is 0. The number of aromatic nitrogens is 1. The van der Waals surface area contributed by atoms with Crippen molar-refractivity contribution < 1.29 is 14.0 Å². The van der Waals surface area contributed by atoms with Gasteiger partial charge < -0.3 is 10.2 Å². The van der Waals surface area contributed by atoms with E-state index in [1.54, 1.807) is 35.4 Å². The van der Waals surface area contributed by atoms with Crippen LogP contribution in [-0.2, 0) is 16.0 Å². The number of aryl methyl sites for hydroxylation is 1. The number of hydrogen-bond donors (Lipinski definition) is 1. The second-order valence-corrected chi connectivity index (χ2v) is 6.16. The highest BCUT2D eigenvalue weighted by Gasteiger charge is 2.30. The molecule has 1 fully saturated rings. The summed E-state index contributed by atoms with van der Waals surface area (Å²) >= 11 is 0. The van der Waals surface area contributed by atoms with E-state index in [-0.39, 0.29) is 23.5 Å². The lowest BCUT2D eigenvalue weighted by Crippen LogP contribution is -2.31. The fourth-order valence-corrected chi connectivity index (χ4v) is 2.93. The molecule has 1 aliphatic rings.